The third-order valence-electron chi connectivity index (χ3n) is 3.61. The van der Waals surface area contributed by atoms with Gasteiger partial charge in [-0.1, -0.05) is 49.6 Å². The number of hydrogen-bond acceptors (Lipinski definition) is 3. The lowest BCUT2D eigenvalue weighted by Gasteiger charge is -2.37. The molecule has 1 aliphatic rings. The quantitative estimate of drug-likeness (QED) is 0.826. The first-order valence-electron chi connectivity index (χ1n) is 6.17. The van der Waals surface area contributed by atoms with Crippen LogP contribution < -0.4 is 0 Å². The van der Waals surface area contributed by atoms with E-state index in [4.69, 9.17) is 0 Å². The van der Waals surface area contributed by atoms with Crippen molar-refractivity contribution in [1.82, 2.24) is 0 Å². The topological polar surface area (TPSA) is 74.6 Å². The van der Waals surface area contributed by atoms with Crippen LogP contribution in [0.15, 0.2) is 30.3 Å². The van der Waals surface area contributed by atoms with Gasteiger partial charge in [-0.3, -0.25) is 4.55 Å². The monoisotopic (exact) mass is 270 g/mol. The maximum atomic E-state index is 11.6. The number of hydrogen-bond donors (Lipinski definition) is 2. The van der Waals surface area contributed by atoms with E-state index in [1.165, 1.54) is 0 Å². The molecule has 18 heavy (non-hydrogen) atoms. The summed E-state index contributed by atoms with van der Waals surface area (Å²) in [5.41, 5.74) is -0.905. The van der Waals surface area contributed by atoms with Crippen molar-refractivity contribution in [2.75, 3.05) is 0 Å². The van der Waals surface area contributed by atoms with Crippen molar-refractivity contribution >= 4 is 10.1 Å². The average molecular weight is 270 g/mol. The molecule has 0 spiro atoms. The predicted molar refractivity (Wildman–Crippen MR) is 68.8 cm³/mol. The van der Waals surface area contributed by atoms with Crippen LogP contribution in [0.1, 0.15) is 42.9 Å². The van der Waals surface area contributed by atoms with Gasteiger partial charge in [0.25, 0.3) is 10.1 Å². The van der Waals surface area contributed by atoms with Crippen LogP contribution in [-0.4, -0.2) is 23.7 Å². The maximum Gasteiger partial charge on any atom is 0.274 e. The van der Waals surface area contributed by atoms with Gasteiger partial charge in [-0.25, -0.2) is 0 Å². The largest absolute Gasteiger partial charge is 0.388 e. The molecule has 1 fully saturated rings. The van der Waals surface area contributed by atoms with Gasteiger partial charge in [0.05, 0.1) is 5.60 Å². The zero-order chi connectivity index (χ0) is 13.2. The van der Waals surface area contributed by atoms with Crippen molar-refractivity contribution in [3.63, 3.8) is 0 Å². The van der Waals surface area contributed by atoms with E-state index in [-0.39, 0.29) is 0 Å². The minimum absolute atomic E-state index is 0.409. The second-order valence-electron chi connectivity index (χ2n) is 4.97. The summed E-state index contributed by atoms with van der Waals surface area (Å²) in [6.07, 6.45) is 3.39. The standard InChI is InChI=1S/C13H18O4S/c14-13(9-5-2-6-10-13)12(18(15,16)17)11-7-3-1-4-8-11/h1,3-4,7-8,12,14H,2,5-6,9-10H2,(H,15,16,17)/t12-/m1/s1. The van der Waals surface area contributed by atoms with Gasteiger partial charge in [0.15, 0.2) is 0 Å². The molecule has 0 radical (unpaired) electrons. The van der Waals surface area contributed by atoms with E-state index < -0.39 is 21.0 Å². The smallest absolute Gasteiger partial charge is 0.274 e. The minimum Gasteiger partial charge on any atom is -0.388 e. The van der Waals surface area contributed by atoms with Crippen molar-refractivity contribution in [2.45, 2.75) is 43.0 Å². The predicted octanol–water partition coefficient (Wildman–Crippen LogP) is 2.31. The van der Waals surface area contributed by atoms with Gasteiger partial charge in [0.1, 0.15) is 5.25 Å². The number of benzene rings is 1. The molecule has 0 bridgehead atoms. The van der Waals surface area contributed by atoms with Crippen molar-refractivity contribution in [2.24, 2.45) is 0 Å². The molecular weight excluding hydrogens is 252 g/mol. The Morgan fingerprint density at radius 2 is 1.61 bits per heavy atom. The number of aliphatic hydroxyl groups is 1. The zero-order valence-electron chi connectivity index (χ0n) is 10.1. The van der Waals surface area contributed by atoms with Crippen LogP contribution in [0.4, 0.5) is 0 Å². The maximum absolute atomic E-state index is 11.6. The highest BCUT2D eigenvalue weighted by Gasteiger charge is 2.45. The molecule has 1 aliphatic carbocycles. The Morgan fingerprint density at radius 3 is 2.11 bits per heavy atom. The first-order valence-corrected chi connectivity index (χ1v) is 7.67. The third-order valence-corrected chi connectivity index (χ3v) is 4.91. The van der Waals surface area contributed by atoms with Gasteiger partial charge in [-0.2, -0.15) is 8.42 Å². The van der Waals surface area contributed by atoms with Gasteiger partial charge < -0.3 is 5.11 Å². The van der Waals surface area contributed by atoms with Gasteiger partial charge in [-0.15, -0.1) is 0 Å². The van der Waals surface area contributed by atoms with E-state index in [9.17, 15) is 18.1 Å². The molecule has 0 saturated heterocycles. The summed E-state index contributed by atoms with van der Waals surface area (Å²) in [5.74, 6) is 0. The molecule has 4 nitrogen and oxygen atoms in total. The summed E-state index contributed by atoms with van der Waals surface area (Å²) in [4.78, 5) is 0. The van der Waals surface area contributed by atoms with Gasteiger partial charge >= 0.3 is 0 Å². The average Bonchev–Trinajstić information content (AvgIpc) is 2.29. The van der Waals surface area contributed by atoms with Gasteiger partial charge in [0, 0.05) is 0 Å². The highest BCUT2D eigenvalue weighted by molar-refractivity contribution is 7.86. The third kappa shape index (κ3) is 2.74. The van der Waals surface area contributed by atoms with Crippen LogP contribution in [0.3, 0.4) is 0 Å². The van der Waals surface area contributed by atoms with Crippen LogP contribution in [0.2, 0.25) is 0 Å². The second kappa shape index (κ2) is 4.99. The van der Waals surface area contributed by atoms with Crippen molar-refractivity contribution < 1.29 is 18.1 Å². The highest BCUT2D eigenvalue weighted by Crippen LogP contribution is 2.42. The molecule has 1 aromatic carbocycles. The Hall–Kier alpha value is -0.910. The van der Waals surface area contributed by atoms with E-state index in [2.05, 4.69) is 0 Å². The summed E-state index contributed by atoms with van der Waals surface area (Å²) in [6, 6.07) is 8.45. The molecule has 1 atom stereocenters. The minimum atomic E-state index is -4.33. The molecule has 2 N–H and O–H groups in total. The molecule has 1 saturated carbocycles. The molecular formula is C13H18O4S. The summed E-state index contributed by atoms with van der Waals surface area (Å²) >= 11 is 0. The molecule has 0 heterocycles. The summed E-state index contributed by atoms with van der Waals surface area (Å²) in [6.45, 7) is 0. The Kier molecular flexibility index (Phi) is 3.75. The van der Waals surface area contributed by atoms with E-state index in [1.807, 2.05) is 0 Å². The van der Waals surface area contributed by atoms with Crippen LogP contribution >= 0.6 is 0 Å². The molecule has 0 unspecified atom stereocenters. The van der Waals surface area contributed by atoms with E-state index in [0.717, 1.165) is 19.3 Å². The van der Waals surface area contributed by atoms with Crippen molar-refractivity contribution in [3.8, 4) is 0 Å². The Balaban J connectivity index is 2.44. The Labute approximate surface area is 107 Å². The molecule has 0 aliphatic heterocycles. The zero-order valence-corrected chi connectivity index (χ0v) is 10.9. The first kappa shape index (κ1) is 13.5. The molecule has 1 aromatic rings. The summed E-state index contributed by atoms with van der Waals surface area (Å²) < 4.78 is 32.7. The highest BCUT2D eigenvalue weighted by atomic mass is 32.2. The molecule has 0 amide bonds. The van der Waals surface area contributed by atoms with Crippen LogP contribution in [0.5, 0.6) is 0 Å². The fourth-order valence-electron chi connectivity index (χ4n) is 2.81. The lowest BCUT2D eigenvalue weighted by molar-refractivity contribution is -0.00242. The van der Waals surface area contributed by atoms with E-state index in [0.29, 0.717) is 18.4 Å². The summed E-state index contributed by atoms with van der Waals surface area (Å²) in [7, 11) is -4.33. The SMILES string of the molecule is O=S(=O)(O)[C@H](c1ccccc1)C1(O)CCCCC1. The normalized spacial score (nSPS) is 21.4. The van der Waals surface area contributed by atoms with Crippen molar-refractivity contribution in [1.29, 1.82) is 0 Å². The summed E-state index contributed by atoms with van der Waals surface area (Å²) in [5, 5.41) is 9.34. The Morgan fingerprint density at radius 1 is 1.06 bits per heavy atom. The van der Waals surface area contributed by atoms with E-state index >= 15 is 0 Å². The number of rotatable bonds is 3. The van der Waals surface area contributed by atoms with Crippen LogP contribution in [-0.2, 0) is 10.1 Å². The first-order chi connectivity index (χ1) is 8.43. The van der Waals surface area contributed by atoms with Crippen LogP contribution in [0, 0.1) is 0 Å². The fraction of sp³-hybridized carbons (Fsp3) is 0.538. The molecule has 2 rings (SSSR count). The molecule has 0 aromatic heterocycles. The fourth-order valence-corrected chi connectivity index (χ4v) is 4.10. The van der Waals surface area contributed by atoms with E-state index in [1.54, 1.807) is 30.3 Å². The van der Waals surface area contributed by atoms with Crippen molar-refractivity contribution in [3.05, 3.63) is 35.9 Å². The Bertz CT molecular complexity index is 489. The van der Waals surface area contributed by atoms with Crippen LogP contribution in [0.25, 0.3) is 0 Å². The molecule has 100 valence electrons. The lowest BCUT2D eigenvalue weighted by atomic mass is 9.80. The van der Waals surface area contributed by atoms with Gasteiger partial charge in [0.2, 0.25) is 0 Å². The van der Waals surface area contributed by atoms with Gasteiger partial charge in [-0.05, 0) is 18.4 Å². The lowest BCUT2D eigenvalue weighted by Crippen LogP contribution is -2.42. The second-order valence-corrected chi connectivity index (χ2v) is 6.47. The molecule has 5 heteroatoms.